The number of rotatable bonds is 7. The molecule has 1 atom stereocenters. The molecule has 0 bridgehead atoms. The second kappa shape index (κ2) is 9.43. The minimum Gasteiger partial charge on any atom is -0.507 e. The largest absolute Gasteiger partial charge is 0.507 e. The van der Waals surface area contributed by atoms with Crippen LogP contribution in [-0.2, 0) is 9.59 Å². The van der Waals surface area contributed by atoms with Crippen molar-refractivity contribution in [1.82, 2.24) is 4.90 Å². The second-order valence-corrected chi connectivity index (χ2v) is 8.11. The monoisotopic (exact) mass is 442 g/mol. The van der Waals surface area contributed by atoms with Crippen LogP contribution in [0, 0.1) is 0 Å². The Morgan fingerprint density at radius 1 is 1.16 bits per heavy atom. The minimum atomic E-state index is -0.711. The number of Topliss-reactive ketones (excluding diaryl/α,β-unsaturated/α-hetero) is 1. The first-order valence-corrected chi connectivity index (χ1v) is 10.6. The van der Waals surface area contributed by atoms with Gasteiger partial charge in [0.1, 0.15) is 11.5 Å². The van der Waals surface area contributed by atoms with Gasteiger partial charge in [0.05, 0.1) is 24.3 Å². The molecule has 31 heavy (non-hydrogen) atoms. The fourth-order valence-electron chi connectivity index (χ4n) is 3.75. The van der Waals surface area contributed by atoms with Gasteiger partial charge in [0, 0.05) is 31.4 Å². The highest BCUT2D eigenvalue weighted by Gasteiger charge is 2.46. The summed E-state index contributed by atoms with van der Waals surface area (Å²) in [5, 5.41) is 11.6. The van der Waals surface area contributed by atoms with Crippen LogP contribution in [0.3, 0.4) is 0 Å². The topological polar surface area (TPSA) is 70.1 Å². The zero-order chi connectivity index (χ0) is 22.7. The van der Waals surface area contributed by atoms with Crippen LogP contribution >= 0.6 is 11.6 Å². The first kappa shape index (κ1) is 22.7. The van der Waals surface area contributed by atoms with Crippen molar-refractivity contribution in [3.8, 4) is 5.75 Å². The second-order valence-electron chi connectivity index (χ2n) is 7.68. The van der Waals surface area contributed by atoms with E-state index >= 15 is 0 Å². The highest BCUT2D eigenvalue weighted by atomic mass is 35.5. The first-order valence-electron chi connectivity index (χ1n) is 10.2. The molecule has 0 aliphatic carbocycles. The number of hydrogen-bond acceptors (Lipinski definition) is 5. The number of methoxy groups -OCH3 is 1. The lowest BCUT2D eigenvalue weighted by Crippen LogP contribution is -2.30. The first-order chi connectivity index (χ1) is 14.8. The summed E-state index contributed by atoms with van der Waals surface area (Å²) >= 11 is 6.13. The molecule has 7 heteroatoms. The van der Waals surface area contributed by atoms with Crippen LogP contribution in [0.4, 0.5) is 5.69 Å². The Labute approximate surface area is 187 Å². The van der Waals surface area contributed by atoms with Crippen molar-refractivity contribution in [2.75, 3.05) is 32.6 Å². The maximum atomic E-state index is 13.0. The Morgan fingerprint density at radius 3 is 2.42 bits per heavy atom. The number of anilines is 1. The van der Waals surface area contributed by atoms with Gasteiger partial charge in [0.2, 0.25) is 0 Å². The van der Waals surface area contributed by atoms with Gasteiger partial charge in [0.25, 0.3) is 11.7 Å². The lowest BCUT2D eigenvalue weighted by atomic mass is 9.94. The van der Waals surface area contributed by atoms with Crippen molar-refractivity contribution in [3.05, 3.63) is 64.2 Å². The Kier molecular flexibility index (Phi) is 6.91. The summed E-state index contributed by atoms with van der Waals surface area (Å²) in [6.45, 7) is 2.44. The van der Waals surface area contributed by atoms with Gasteiger partial charge in [-0.05, 0) is 42.3 Å². The Bertz CT molecular complexity index is 1010. The number of benzene rings is 2. The number of amides is 1. The van der Waals surface area contributed by atoms with Crippen LogP contribution < -0.4 is 9.64 Å². The Balaban J connectivity index is 2.20. The maximum Gasteiger partial charge on any atom is 0.295 e. The Hall–Kier alpha value is -2.99. The van der Waals surface area contributed by atoms with Crippen LogP contribution in [0.15, 0.2) is 48.0 Å². The van der Waals surface area contributed by atoms with E-state index in [9.17, 15) is 14.7 Å². The standard InChI is InChI=1S/C24H27ClN2O4/c1-5-6-13-27-21(15-7-10-17(11-8-15)26(2)3)20(23(29)24(27)30)22(28)18-14-16(25)9-12-19(18)31-4/h7-12,14,21,28H,5-6,13H2,1-4H3/b22-20+. The van der Waals surface area contributed by atoms with E-state index in [0.29, 0.717) is 17.3 Å². The van der Waals surface area contributed by atoms with E-state index in [1.165, 1.54) is 13.2 Å². The van der Waals surface area contributed by atoms with E-state index < -0.39 is 17.7 Å². The van der Waals surface area contributed by atoms with Gasteiger partial charge in [-0.25, -0.2) is 0 Å². The van der Waals surface area contributed by atoms with E-state index in [1.807, 2.05) is 50.2 Å². The molecule has 1 saturated heterocycles. The van der Waals surface area contributed by atoms with Gasteiger partial charge in [-0.2, -0.15) is 0 Å². The van der Waals surface area contributed by atoms with Gasteiger partial charge in [-0.15, -0.1) is 0 Å². The van der Waals surface area contributed by atoms with Crippen LogP contribution in [0.25, 0.3) is 5.76 Å². The third-order valence-corrected chi connectivity index (χ3v) is 5.67. The number of aliphatic hydroxyl groups excluding tert-OH is 1. The third kappa shape index (κ3) is 4.39. The molecule has 1 amide bonds. The van der Waals surface area contributed by atoms with Gasteiger partial charge in [0.15, 0.2) is 0 Å². The number of likely N-dealkylation sites (tertiary alicyclic amines) is 1. The summed E-state index contributed by atoms with van der Waals surface area (Å²) in [7, 11) is 5.35. The molecule has 164 valence electrons. The molecule has 0 radical (unpaired) electrons. The molecule has 1 fully saturated rings. The van der Waals surface area contributed by atoms with Gasteiger partial charge in [-0.1, -0.05) is 37.1 Å². The van der Waals surface area contributed by atoms with Crippen molar-refractivity contribution < 1.29 is 19.4 Å². The SMILES string of the molecule is CCCCN1C(=O)C(=O)/C(=C(/O)c2cc(Cl)ccc2OC)C1c1ccc(N(C)C)cc1. The maximum absolute atomic E-state index is 13.0. The molecule has 0 saturated carbocycles. The van der Waals surface area contributed by atoms with E-state index in [1.54, 1.807) is 17.0 Å². The van der Waals surface area contributed by atoms with E-state index in [2.05, 4.69) is 0 Å². The number of carbonyl (C=O) groups is 2. The number of carbonyl (C=O) groups excluding carboxylic acids is 2. The molecule has 1 heterocycles. The predicted octanol–water partition coefficient (Wildman–Crippen LogP) is 4.64. The van der Waals surface area contributed by atoms with Crippen molar-refractivity contribution >= 4 is 34.7 Å². The fraction of sp³-hybridized carbons (Fsp3) is 0.333. The van der Waals surface area contributed by atoms with E-state index in [4.69, 9.17) is 16.3 Å². The fourth-order valence-corrected chi connectivity index (χ4v) is 3.92. The molecule has 1 unspecified atom stereocenters. The normalized spacial score (nSPS) is 17.8. The molecule has 2 aromatic rings. The quantitative estimate of drug-likeness (QED) is 0.384. The summed E-state index contributed by atoms with van der Waals surface area (Å²) in [5.41, 5.74) is 2.06. The number of aliphatic hydroxyl groups is 1. The highest BCUT2D eigenvalue weighted by molar-refractivity contribution is 6.46. The minimum absolute atomic E-state index is 0.0410. The molecule has 0 spiro atoms. The van der Waals surface area contributed by atoms with Crippen LogP contribution in [0.5, 0.6) is 5.75 Å². The molecule has 3 rings (SSSR count). The van der Waals surface area contributed by atoms with Crippen LogP contribution in [0.2, 0.25) is 5.02 Å². The van der Waals surface area contributed by atoms with Crippen LogP contribution in [0.1, 0.15) is 36.9 Å². The molecule has 2 aromatic carbocycles. The van der Waals surface area contributed by atoms with Crippen LogP contribution in [-0.4, -0.2) is 49.4 Å². The average Bonchev–Trinajstić information content (AvgIpc) is 3.01. The molecule has 6 nitrogen and oxygen atoms in total. The summed E-state index contributed by atoms with van der Waals surface area (Å²) in [6.07, 6.45) is 1.62. The molecule has 1 aliphatic heterocycles. The van der Waals surface area contributed by atoms with Crippen molar-refractivity contribution in [2.24, 2.45) is 0 Å². The average molecular weight is 443 g/mol. The molecule has 0 aromatic heterocycles. The number of nitrogens with zero attached hydrogens (tertiary/aromatic N) is 2. The molecular formula is C24H27ClN2O4. The zero-order valence-electron chi connectivity index (χ0n) is 18.2. The summed E-state index contributed by atoms with van der Waals surface area (Å²) < 4.78 is 5.35. The zero-order valence-corrected chi connectivity index (χ0v) is 18.9. The number of ether oxygens (including phenoxy) is 1. The molecule has 1 N–H and O–H groups in total. The van der Waals surface area contributed by atoms with Gasteiger partial charge >= 0.3 is 0 Å². The Morgan fingerprint density at radius 2 is 1.84 bits per heavy atom. The van der Waals surface area contributed by atoms with E-state index in [0.717, 1.165) is 24.1 Å². The molecule has 1 aliphatic rings. The lowest BCUT2D eigenvalue weighted by molar-refractivity contribution is -0.139. The number of ketones is 1. The summed E-state index contributed by atoms with van der Waals surface area (Å²) in [5.74, 6) is -1.25. The van der Waals surface area contributed by atoms with E-state index in [-0.39, 0.29) is 16.9 Å². The predicted molar refractivity (Wildman–Crippen MR) is 123 cm³/mol. The van der Waals surface area contributed by atoms with Crippen molar-refractivity contribution in [3.63, 3.8) is 0 Å². The molecular weight excluding hydrogens is 416 g/mol. The number of halogens is 1. The lowest BCUT2D eigenvalue weighted by Gasteiger charge is -2.26. The summed E-state index contributed by atoms with van der Waals surface area (Å²) in [6, 6.07) is 11.7. The van der Waals surface area contributed by atoms with Gasteiger partial charge in [-0.3, -0.25) is 9.59 Å². The summed E-state index contributed by atoms with van der Waals surface area (Å²) in [4.78, 5) is 29.5. The highest BCUT2D eigenvalue weighted by Crippen LogP contribution is 2.41. The van der Waals surface area contributed by atoms with Crippen molar-refractivity contribution in [1.29, 1.82) is 0 Å². The smallest absolute Gasteiger partial charge is 0.295 e. The van der Waals surface area contributed by atoms with Gasteiger partial charge < -0.3 is 19.6 Å². The number of hydrogen-bond donors (Lipinski definition) is 1. The van der Waals surface area contributed by atoms with Crippen molar-refractivity contribution in [2.45, 2.75) is 25.8 Å². The number of unbranched alkanes of at least 4 members (excludes halogenated alkanes) is 1. The third-order valence-electron chi connectivity index (χ3n) is 5.43.